The zero-order valence-corrected chi connectivity index (χ0v) is 6.69. The Hall–Kier alpha value is -0.791. The number of rotatable bonds is 2. The molecule has 0 aromatic heterocycles. The zero-order valence-electron chi connectivity index (χ0n) is 5.75. The van der Waals surface area contributed by atoms with Gasteiger partial charge in [0.1, 0.15) is 0 Å². The molecular weight excluding hydrogens is 192 g/mol. The predicted octanol–water partition coefficient (Wildman–Crippen LogP) is 1.31. The second-order valence-electron chi connectivity index (χ2n) is 2.06. The number of carboxylic acids is 1. The van der Waals surface area contributed by atoms with Gasteiger partial charge >= 0.3 is 5.97 Å². The van der Waals surface area contributed by atoms with E-state index in [2.05, 4.69) is 0 Å². The monoisotopic (exact) mass is 199 g/mol. The first-order valence-corrected chi connectivity index (χ1v) is 3.05. The Labute approximate surface area is 75.7 Å². The van der Waals surface area contributed by atoms with Crippen LogP contribution >= 0.6 is 0 Å². The average molecular weight is 200 g/mol. The number of carboxylic acid groups (broad SMARTS) is 1. The number of carbonyl (C=O) groups is 1. The Balaban J connectivity index is 0.000001000. The van der Waals surface area contributed by atoms with Crippen molar-refractivity contribution in [1.29, 1.82) is 0 Å². The summed E-state index contributed by atoms with van der Waals surface area (Å²) in [6.45, 7) is 0. The van der Waals surface area contributed by atoms with Crippen LogP contribution in [0.5, 0.6) is 0 Å². The van der Waals surface area contributed by atoms with Gasteiger partial charge < -0.3 is 5.11 Å². The van der Waals surface area contributed by atoms with Crippen molar-refractivity contribution >= 4 is 5.97 Å². The van der Waals surface area contributed by atoms with E-state index in [1.807, 2.05) is 18.2 Å². The largest absolute Gasteiger partial charge is 0.481 e. The summed E-state index contributed by atoms with van der Waals surface area (Å²) >= 11 is 0. The van der Waals surface area contributed by atoms with Crippen molar-refractivity contribution in [2.24, 2.45) is 0 Å². The summed E-state index contributed by atoms with van der Waals surface area (Å²) in [5, 5.41) is 8.37. The van der Waals surface area contributed by atoms with Gasteiger partial charge in [-0.3, -0.25) is 4.79 Å². The maximum atomic E-state index is 10.2. The molecular formula is C8H8CuO2. The first-order chi connectivity index (χ1) is 4.79. The van der Waals surface area contributed by atoms with Gasteiger partial charge in [-0.1, -0.05) is 30.3 Å². The van der Waals surface area contributed by atoms with E-state index in [1.165, 1.54) is 0 Å². The molecule has 0 amide bonds. The fraction of sp³-hybridized carbons (Fsp3) is 0.125. The molecule has 0 aliphatic carbocycles. The molecule has 1 aromatic rings. The molecule has 0 aliphatic heterocycles. The number of hydrogen-bond acceptors (Lipinski definition) is 1. The van der Waals surface area contributed by atoms with Gasteiger partial charge in [0.15, 0.2) is 0 Å². The molecule has 11 heavy (non-hydrogen) atoms. The van der Waals surface area contributed by atoms with Crippen LogP contribution in [0.2, 0.25) is 0 Å². The summed E-state index contributed by atoms with van der Waals surface area (Å²) in [6.07, 6.45) is 0.112. The van der Waals surface area contributed by atoms with Crippen LogP contribution in [0.25, 0.3) is 0 Å². The molecule has 0 saturated heterocycles. The minimum Gasteiger partial charge on any atom is -0.481 e. The summed E-state index contributed by atoms with van der Waals surface area (Å²) in [6, 6.07) is 9.13. The normalized spacial score (nSPS) is 8.36. The Morgan fingerprint density at radius 2 is 1.82 bits per heavy atom. The molecule has 0 saturated carbocycles. The zero-order chi connectivity index (χ0) is 7.40. The molecule has 0 spiro atoms. The quantitative estimate of drug-likeness (QED) is 0.730. The average Bonchev–Trinajstić information content (AvgIpc) is 1.88. The second kappa shape index (κ2) is 4.94. The molecule has 63 valence electrons. The topological polar surface area (TPSA) is 37.3 Å². The maximum absolute atomic E-state index is 10.2. The van der Waals surface area contributed by atoms with E-state index in [0.29, 0.717) is 0 Å². The fourth-order valence-corrected chi connectivity index (χ4v) is 0.770. The van der Waals surface area contributed by atoms with Gasteiger partial charge in [-0.15, -0.1) is 0 Å². The van der Waals surface area contributed by atoms with E-state index < -0.39 is 5.97 Å². The third-order valence-corrected chi connectivity index (χ3v) is 1.20. The molecule has 3 heteroatoms. The number of hydrogen-bond donors (Lipinski definition) is 1. The van der Waals surface area contributed by atoms with Crippen LogP contribution in [0.3, 0.4) is 0 Å². The van der Waals surface area contributed by atoms with E-state index in [4.69, 9.17) is 5.11 Å². The molecule has 0 aliphatic rings. The standard InChI is InChI=1S/C8H8O2.Cu/c9-8(10)6-7-4-2-1-3-5-7;/h1-5H,6H2,(H,9,10);. The van der Waals surface area contributed by atoms with Crippen LogP contribution in [0.4, 0.5) is 0 Å². The van der Waals surface area contributed by atoms with E-state index in [-0.39, 0.29) is 23.5 Å². The van der Waals surface area contributed by atoms with E-state index >= 15 is 0 Å². The summed E-state index contributed by atoms with van der Waals surface area (Å²) in [4.78, 5) is 10.2. The van der Waals surface area contributed by atoms with Gasteiger partial charge in [0.25, 0.3) is 0 Å². The van der Waals surface area contributed by atoms with E-state index in [9.17, 15) is 4.79 Å². The molecule has 0 unspecified atom stereocenters. The Morgan fingerprint density at radius 3 is 2.27 bits per heavy atom. The van der Waals surface area contributed by atoms with Crippen LogP contribution in [0, 0.1) is 0 Å². The number of aliphatic carboxylic acids is 1. The van der Waals surface area contributed by atoms with Crippen LogP contribution in [0.15, 0.2) is 30.3 Å². The summed E-state index contributed by atoms with van der Waals surface area (Å²) in [5.74, 6) is -0.786. The van der Waals surface area contributed by atoms with Crippen LogP contribution in [0.1, 0.15) is 5.56 Å². The van der Waals surface area contributed by atoms with E-state index in [1.54, 1.807) is 12.1 Å². The smallest absolute Gasteiger partial charge is 0.307 e. The first-order valence-electron chi connectivity index (χ1n) is 3.05. The van der Waals surface area contributed by atoms with Crippen molar-refractivity contribution in [1.82, 2.24) is 0 Å². The van der Waals surface area contributed by atoms with Gasteiger partial charge in [-0.05, 0) is 5.56 Å². The minimum absolute atomic E-state index is 0. The van der Waals surface area contributed by atoms with Crippen LogP contribution in [-0.2, 0) is 28.3 Å². The Kier molecular flexibility index (Phi) is 4.58. The van der Waals surface area contributed by atoms with Gasteiger partial charge in [0.05, 0.1) is 6.42 Å². The fourth-order valence-electron chi connectivity index (χ4n) is 0.770. The van der Waals surface area contributed by atoms with Crippen molar-refractivity contribution in [3.8, 4) is 0 Å². The third-order valence-electron chi connectivity index (χ3n) is 1.20. The minimum atomic E-state index is -0.786. The van der Waals surface area contributed by atoms with Gasteiger partial charge in [0, 0.05) is 17.1 Å². The van der Waals surface area contributed by atoms with Crippen molar-refractivity contribution in [2.75, 3.05) is 0 Å². The molecule has 1 rings (SSSR count). The summed E-state index contributed by atoms with van der Waals surface area (Å²) in [5.41, 5.74) is 0.843. The van der Waals surface area contributed by atoms with Crippen molar-refractivity contribution in [2.45, 2.75) is 6.42 Å². The van der Waals surface area contributed by atoms with E-state index in [0.717, 1.165) is 5.56 Å². The second-order valence-corrected chi connectivity index (χ2v) is 2.06. The third kappa shape index (κ3) is 3.81. The molecule has 0 fully saturated rings. The molecule has 1 N–H and O–H groups in total. The predicted molar refractivity (Wildman–Crippen MR) is 37.8 cm³/mol. The van der Waals surface area contributed by atoms with Crippen molar-refractivity contribution < 1.29 is 27.0 Å². The SMILES string of the molecule is O=C(O)Cc1ccccc1.[Cu]. The van der Waals surface area contributed by atoms with Crippen LogP contribution in [-0.4, -0.2) is 11.1 Å². The molecule has 0 bridgehead atoms. The van der Waals surface area contributed by atoms with Crippen molar-refractivity contribution in [3.05, 3.63) is 35.9 Å². The molecule has 1 aromatic carbocycles. The molecule has 2 nitrogen and oxygen atoms in total. The molecule has 0 atom stereocenters. The van der Waals surface area contributed by atoms with Gasteiger partial charge in [-0.2, -0.15) is 0 Å². The van der Waals surface area contributed by atoms with Crippen molar-refractivity contribution in [3.63, 3.8) is 0 Å². The van der Waals surface area contributed by atoms with Crippen LogP contribution < -0.4 is 0 Å². The first kappa shape index (κ1) is 10.2. The molecule has 1 radical (unpaired) electrons. The number of benzene rings is 1. The summed E-state index contributed by atoms with van der Waals surface area (Å²) in [7, 11) is 0. The van der Waals surface area contributed by atoms with Gasteiger partial charge in [-0.25, -0.2) is 0 Å². The maximum Gasteiger partial charge on any atom is 0.307 e. The summed E-state index contributed by atoms with van der Waals surface area (Å²) < 4.78 is 0. The van der Waals surface area contributed by atoms with Gasteiger partial charge in [0.2, 0.25) is 0 Å². The Bertz CT molecular complexity index is 221. The molecule has 0 heterocycles. The Morgan fingerprint density at radius 1 is 1.27 bits per heavy atom.